The molecular formula is C23H26FN3O2. The Morgan fingerprint density at radius 1 is 1.00 bits per heavy atom. The van der Waals surface area contributed by atoms with Gasteiger partial charge in [-0.2, -0.15) is 0 Å². The van der Waals surface area contributed by atoms with E-state index in [9.17, 15) is 14.0 Å². The van der Waals surface area contributed by atoms with E-state index in [1.165, 1.54) is 12.1 Å². The molecule has 2 aromatic rings. The molecule has 2 fully saturated rings. The zero-order chi connectivity index (χ0) is 20.4. The number of primary amides is 1. The summed E-state index contributed by atoms with van der Waals surface area (Å²) in [5.74, 6) is 0.128. The summed E-state index contributed by atoms with van der Waals surface area (Å²) in [5.41, 5.74) is 7.50. The zero-order valence-electron chi connectivity index (χ0n) is 16.4. The fourth-order valence-corrected chi connectivity index (χ4v) is 4.71. The summed E-state index contributed by atoms with van der Waals surface area (Å²) in [6, 6.07) is 13.4. The molecule has 0 radical (unpaired) electrons. The minimum atomic E-state index is -0.376. The lowest BCUT2D eigenvalue weighted by atomic mass is 10.0. The van der Waals surface area contributed by atoms with Gasteiger partial charge < -0.3 is 15.5 Å². The highest BCUT2D eigenvalue weighted by molar-refractivity contribution is 5.94. The van der Waals surface area contributed by atoms with Crippen LogP contribution in [0, 0.1) is 17.7 Å². The molecule has 2 saturated heterocycles. The lowest BCUT2D eigenvalue weighted by Gasteiger charge is -2.22. The highest BCUT2D eigenvalue weighted by atomic mass is 19.1. The van der Waals surface area contributed by atoms with E-state index < -0.39 is 0 Å². The van der Waals surface area contributed by atoms with Gasteiger partial charge in [0.2, 0.25) is 5.91 Å². The first-order chi connectivity index (χ1) is 14.0. The van der Waals surface area contributed by atoms with Crippen LogP contribution in [0.5, 0.6) is 0 Å². The number of nitrogens with zero attached hydrogens (tertiary/aromatic N) is 2. The monoisotopic (exact) mass is 395 g/mol. The number of likely N-dealkylation sites (tertiary alicyclic amines) is 2. The Balaban J connectivity index is 1.27. The topological polar surface area (TPSA) is 66.6 Å². The van der Waals surface area contributed by atoms with Crippen molar-refractivity contribution in [3.05, 3.63) is 71.0 Å². The van der Waals surface area contributed by atoms with Gasteiger partial charge in [0.1, 0.15) is 5.82 Å². The van der Waals surface area contributed by atoms with E-state index in [1.54, 1.807) is 18.2 Å². The predicted molar refractivity (Wildman–Crippen MR) is 109 cm³/mol. The van der Waals surface area contributed by atoms with Crippen LogP contribution in [0.15, 0.2) is 48.5 Å². The number of fused-ring (bicyclic) bond motifs is 1. The average molecular weight is 395 g/mol. The molecule has 152 valence electrons. The minimum Gasteiger partial charge on any atom is -0.366 e. The van der Waals surface area contributed by atoms with Gasteiger partial charge in [-0.15, -0.1) is 0 Å². The van der Waals surface area contributed by atoms with Crippen molar-refractivity contribution in [3.63, 3.8) is 0 Å². The number of carbonyl (C=O) groups excluding carboxylic acids is 2. The van der Waals surface area contributed by atoms with E-state index >= 15 is 0 Å². The van der Waals surface area contributed by atoms with Crippen molar-refractivity contribution < 1.29 is 14.0 Å². The van der Waals surface area contributed by atoms with Crippen LogP contribution in [0.3, 0.4) is 0 Å². The molecule has 29 heavy (non-hydrogen) atoms. The highest BCUT2D eigenvalue weighted by Gasteiger charge is 2.41. The molecule has 1 unspecified atom stereocenters. The van der Waals surface area contributed by atoms with E-state index in [1.807, 2.05) is 23.1 Å². The smallest absolute Gasteiger partial charge is 0.253 e. The van der Waals surface area contributed by atoms with Crippen LogP contribution in [-0.2, 0) is 6.42 Å². The second-order valence-electron chi connectivity index (χ2n) is 8.13. The van der Waals surface area contributed by atoms with Crippen LogP contribution in [0.25, 0.3) is 0 Å². The lowest BCUT2D eigenvalue weighted by Crippen LogP contribution is -2.33. The molecule has 0 bridgehead atoms. The van der Waals surface area contributed by atoms with E-state index in [0.717, 1.165) is 51.1 Å². The summed E-state index contributed by atoms with van der Waals surface area (Å²) >= 11 is 0. The number of benzene rings is 2. The second kappa shape index (κ2) is 8.33. The van der Waals surface area contributed by atoms with E-state index in [0.29, 0.717) is 23.0 Å². The molecule has 0 saturated carbocycles. The molecule has 2 atom stereocenters. The first-order valence-electron chi connectivity index (χ1n) is 10.2. The van der Waals surface area contributed by atoms with Crippen LogP contribution in [0.2, 0.25) is 0 Å². The van der Waals surface area contributed by atoms with Crippen LogP contribution >= 0.6 is 0 Å². The largest absolute Gasteiger partial charge is 0.366 e. The molecule has 4 rings (SSSR count). The number of halogens is 1. The van der Waals surface area contributed by atoms with Gasteiger partial charge >= 0.3 is 0 Å². The Bertz CT molecular complexity index is 903. The molecule has 0 aliphatic carbocycles. The summed E-state index contributed by atoms with van der Waals surface area (Å²) in [5, 5.41) is 0. The number of hydrogen-bond acceptors (Lipinski definition) is 3. The first kappa shape index (κ1) is 19.6. The zero-order valence-corrected chi connectivity index (χ0v) is 16.4. The number of rotatable bonds is 6. The summed E-state index contributed by atoms with van der Waals surface area (Å²) in [4.78, 5) is 28.5. The molecule has 6 heteroatoms. The van der Waals surface area contributed by atoms with Crippen molar-refractivity contribution in [2.75, 3.05) is 32.7 Å². The maximum Gasteiger partial charge on any atom is 0.253 e. The lowest BCUT2D eigenvalue weighted by molar-refractivity contribution is 0.0773. The van der Waals surface area contributed by atoms with Crippen molar-refractivity contribution in [2.24, 2.45) is 17.6 Å². The normalized spacial score (nSPS) is 21.3. The molecule has 5 nitrogen and oxygen atoms in total. The van der Waals surface area contributed by atoms with Crippen LogP contribution in [0.1, 0.15) is 32.7 Å². The second-order valence-corrected chi connectivity index (χ2v) is 8.13. The molecule has 2 heterocycles. The molecule has 2 aliphatic rings. The van der Waals surface area contributed by atoms with Crippen molar-refractivity contribution in [1.82, 2.24) is 9.80 Å². The third-order valence-electron chi connectivity index (χ3n) is 6.12. The van der Waals surface area contributed by atoms with Crippen LogP contribution < -0.4 is 5.73 Å². The van der Waals surface area contributed by atoms with E-state index in [-0.39, 0.29) is 17.6 Å². The fraction of sp³-hybridized carbons (Fsp3) is 0.391. The Morgan fingerprint density at radius 2 is 1.72 bits per heavy atom. The van der Waals surface area contributed by atoms with Crippen molar-refractivity contribution >= 4 is 11.8 Å². The molecule has 2 N–H and O–H groups in total. The third kappa shape index (κ3) is 4.32. The third-order valence-corrected chi connectivity index (χ3v) is 6.12. The fourth-order valence-electron chi connectivity index (χ4n) is 4.71. The van der Waals surface area contributed by atoms with Crippen LogP contribution in [0.4, 0.5) is 4.39 Å². The Hall–Kier alpha value is -2.73. The van der Waals surface area contributed by atoms with Gasteiger partial charge in [0, 0.05) is 37.3 Å². The maximum atomic E-state index is 13.4. The molecule has 2 aliphatic heterocycles. The Kier molecular flexibility index (Phi) is 5.62. The number of nitrogens with two attached hydrogens (primary N) is 1. The van der Waals surface area contributed by atoms with Gasteiger partial charge in [-0.3, -0.25) is 9.59 Å². The SMILES string of the molecule is NC(=O)c1ccccc1CCCN1CC2CN(C(=O)c3cccc(F)c3)C[C@@H]2C1. The number of aryl methyl sites for hydroxylation is 1. The van der Waals surface area contributed by atoms with Crippen molar-refractivity contribution in [1.29, 1.82) is 0 Å². The number of amides is 2. The van der Waals surface area contributed by atoms with Gasteiger partial charge in [0.15, 0.2) is 0 Å². The predicted octanol–water partition coefficient (Wildman–Crippen LogP) is 2.56. The van der Waals surface area contributed by atoms with E-state index in [4.69, 9.17) is 5.73 Å². The number of hydrogen-bond donors (Lipinski definition) is 1. The van der Waals surface area contributed by atoms with Gasteiger partial charge in [-0.05, 0) is 61.1 Å². The Morgan fingerprint density at radius 3 is 2.41 bits per heavy atom. The first-order valence-corrected chi connectivity index (χ1v) is 10.2. The quantitative estimate of drug-likeness (QED) is 0.818. The number of carbonyl (C=O) groups is 2. The summed E-state index contributed by atoms with van der Waals surface area (Å²) < 4.78 is 13.4. The van der Waals surface area contributed by atoms with Gasteiger partial charge in [0.05, 0.1) is 0 Å². The average Bonchev–Trinajstić information content (AvgIpc) is 3.26. The van der Waals surface area contributed by atoms with Gasteiger partial charge in [-0.25, -0.2) is 4.39 Å². The highest BCUT2D eigenvalue weighted by Crippen LogP contribution is 2.32. The molecule has 0 spiro atoms. The minimum absolute atomic E-state index is 0.0755. The standard InChI is InChI=1S/C23H26FN3O2/c24-20-8-3-6-17(11-20)23(29)27-14-18-12-26(13-19(18)15-27)10-4-7-16-5-1-2-9-21(16)22(25)28/h1-3,5-6,8-9,11,18-19H,4,7,10,12-15H2,(H2,25,28)/t18-,19?/m0/s1. The maximum absolute atomic E-state index is 13.4. The van der Waals surface area contributed by atoms with Gasteiger partial charge in [-0.1, -0.05) is 24.3 Å². The van der Waals surface area contributed by atoms with Gasteiger partial charge in [0.25, 0.3) is 5.91 Å². The molecule has 0 aromatic heterocycles. The molecule has 2 aromatic carbocycles. The summed E-state index contributed by atoms with van der Waals surface area (Å²) in [7, 11) is 0. The van der Waals surface area contributed by atoms with Crippen LogP contribution in [-0.4, -0.2) is 54.3 Å². The van der Waals surface area contributed by atoms with Crippen molar-refractivity contribution in [3.8, 4) is 0 Å². The molecular weight excluding hydrogens is 369 g/mol. The van der Waals surface area contributed by atoms with E-state index in [2.05, 4.69) is 4.90 Å². The van der Waals surface area contributed by atoms with Crippen molar-refractivity contribution in [2.45, 2.75) is 12.8 Å². The summed E-state index contributed by atoms with van der Waals surface area (Å²) in [6.07, 6.45) is 1.80. The molecule has 2 amide bonds. The summed E-state index contributed by atoms with van der Waals surface area (Å²) in [6.45, 7) is 4.41. The Labute approximate surface area is 170 Å².